The molecule has 11 heteroatoms. The molecular formula is C25H25Cl2FN2O6. The fourth-order valence-electron chi connectivity index (χ4n) is 5.16. The molecule has 3 aliphatic rings. The average molecular weight is 539 g/mol. The molecule has 2 saturated carbocycles. The summed E-state index contributed by atoms with van der Waals surface area (Å²) in [4.78, 5) is 25.3. The van der Waals surface area contributed by atoms with Crippen LogP contribution in [-0.4, -0.2) is 52.4 Å². The van der Waals surface area contributed by atoms with E-state index in [4.69, 9.17) is 32.7 Å². The number of rotatable bonds is 6. The first-order chi connectivity index (χ1) is 17.1. The second-order valence-corrected chi connectivity index (χ2v) is 10.5. The van der Waals surface area contributed by atoms with Crippen molar-refractivity contribution in [2.24, 2.45) is 5.92 Å². The molecule has 1 unspecified atom stereocenters. The summed E-state index contributed by atoms with van der Waals surface area (Å²) in [6.07, 6.45) is -1.16. The normalized spacial score (nSPS) is 30.3. The summed E-state index contributed by atoms with van der Waals surface area (Å²) in [6.45, 7) is -0.306. The molecule has 5 rings (SSSR count). The van der Waals surface area contributed by atoms with Crippen molar-refractivity contribution in [2.45, 2.75) is 55.6 Å². The van der Waals surface area contributed by atoms with Crippen LogP contribution in [0, 0.1) is 11.7 Å². The van der Waals surface area contributed by atoms with E-state index in [1.165, 1.54) is 12.1 Å². The molecule has 1 aliphatic heterocycles. The topological polar surface area (TPSA) is 117 Å². The Kier molecular flexibility index (Phi) is 6.76. The number of benzene rings is 2. The number of amides is 2. The Morgan fingerprint density at radius 3 is 2.72 bits per heavy atom. The van der Waals surface area contributed by atoms with Gasteiger partial charge in [0.1, 0.15) is 17.3 Å². The molecule has 0 spiro atoms. The molecule has 36 heavy (non-hydrogen) atoms. The van der Waals surface area contributed by atoms with E-state index in [-0.39, 0.29) is 42.0 Å². The van der Waals surface area contributed by atoms with Crippen LogP contribution in [0.5, 0.6) is 11.5 Å². The summed E-state index contributed by atoms with van der Waals surface area (Å²) in [5.74, 6) is -0.769. The predicted molar refractivity (Wildman–Crippen MR) is 129 cm³/mol. The zero-order valence-corrected chi connectivity index (χ0v) is 20.6. The largest absolute Gasteiger partial charge is 0.484 e. The van der Waals surface area contributed by atoms with Crippen LogP contribution >= 0.6 is 23.2 Å². The summed E-state index contributed by atoms with van der Waals surface area (Å²) in [5.41, 5.74) is -0.0184. The Morgan fingerprint density at radius 1 is 1.14 bits per heavy atom. The number of halogens is 3. The van der Waals surface area contributed by atoms with Crippen LogP contribution in [0.2, 0.25) is 10.0 Å². The van der Waals surface area contributed by atoms with Gasteiger partial charge in [0, 0.05) is 28.6 Å². The SMILES string of the molecule is O=C(COc1ccc(Cl)c(F)c1)N[C@]12CC1C[C@@H](NC(=O)[C@@H]1C[C@H](O)c3cc(Cl)ccc3O1)[C@@H](O)C2. The lowest BCUT2D eigenvalue weighted by Gasteiger charge is -2.35. The Bertz CT molecular complexity index is 1200. The number of hydrogen-bond acceptors (Lipinski definition) is 6. The van der Waals surface area contributed by atoms with E-state index >= 15 is 0 Å². The number of aliphatic hydroxyl groups is 2. The molecule has 0 saturated heterocycles. The lowest BCUT2D eigenvalue weighted by molar-refractivity contribution is -0.133. The lowest BCUT2D eigenvalue weighted by Crippen LogP contribution is -2.55. The van der Waals surface area contributed by atoms with Crippen LogP contribution in [0.4, 0.5) is 4.39 Å². The first-order valence-corrected chi connectivity index (χ1v) is 12.4. The van der Waals surface area contributed by atoms with Gasteiger partial charge in [-0.15, -0.1) is 0 Å². The average Bonchev–Trinajstić information content (AvgIpc) is 3.51. The predicted octanol–water partition coefficient (Wildman–Crippen LogP) is 2.91. The number of nitrogens with one attached hydrogen (secondary N) is 2. The van der Waals surface area contributed by atoms with E-state index in [1.807, 2.05) is 0 Å². The van der Waals surface area contributed by atoms with Crippen molar-refractivity contribution >= 4 is 35.0 Å². The smallest absolute Gasteiger partial charge is 0.261 e. The molecule has 4 N–H and O–H groups in total. The molecule has 2 fully saturated rings. The first kappa shape index (κ1) is 25.1. The summed E-state index contributed by atoms with van der Waals surface area (Å²) in [7, 11) is 0. The van der Waals surface area contributed by atoms with Crippen molar-refractivity contribution < 1.29 is 33.7 Å². The standard InChI is InChI=1S/C25H25Cl2FN2O6/c26-13-1-4-21-15(6-13)19(31)8-22(36-21)24(34)29-18-5-12-9-25(12,10-20(18)32)30-23(33)11-35-14-2-3-16(27)17(28)7-14/h1-4,6-7,12,18-20,22,31-32H,5,8-11H2,(H,29,34)(H,30,33)/t12?,18-,19+,20+,22+,25+/m1/s1. The maximum absolute atomic E-state index is 13.5. The van der Waals surface area contributed by atoms with Gasteiger partial charge in [-0.2, -0.15) is 0 Å². The van der Waals surface area contributed by atoms with Gasteiger partial charge in [-0.1, -0.05) is 23.2 Å². The minimum Gasteiger partial charge on any atom is -0.484 e. The molecule has 2 amide bonds. The van der Waals surface area contributed by atoms with Crippen LogP contribution in [-0.2, 0) is 9.59 Å². The second kappa shape index (κ2) is 9.70. The number of fused-ring (bicyclic) bond motifs is 2. The molecule has 2 aromatic carbocycles. The van der Waals surface area contributed by atoms with Crippen LogP contribution < -0.4 is 20.1 Å². The molecule has 192 valence electrons. The molecule has 0 bridgehead atoms. The number of carbonyl (C=O) groups is 2. The maximum atomic E-state index is 13.5. The quantitative estimate of drug-likeness (QED) is 0.449. The van der Waals surface area contributed by atoms with Gasteiger partial charge in [0.2, 0.25) is 0 Å². The van der Waals surface area contributed by atoms with E-state index in [2.05, 4.69) is 10.6 Å². The Labute approximate surface area is 216 Å². The highest BCUT2D eigenvalue weighted by Gasteiger charge is 2.60. The molecule has 6 atom stereocenters. The first-order valence-electron chi connectivity index (χ1n) is 11.6. The van der Waals surface area contributed by atoms with Gasteiger partial charge >= 0.3 is 0 Å². The third kappa shape index (κ3) is 5.11. The van der Waals surface area contributed by atoms with E-state index in [0.717, 1.165) is 6.07 Å². The molecule has 0 aromatic heterocycles. The third-order valence-electron chi connectivity index (χ3n) is 7.12. The monoisotopic (exact) mass is 538 g/mol. The van der Waals surface area contributed by atoms with Gasteiger partial charge in [-0.05, 0) is 55.5 Å². The number of aliphatic hydroxyl groups excluding tert-OH is 2. The highest BCUT2D eigenvalue weighted by molar-refractivity contribution is 6.31. The fourth-order valence-corrected chi connectivity index (χ4v) is 5.46. The molecular weight excluding hydrogens is 514 g/mol. The van der Waals surface area contributed by atoms with Crippen molar-refractivity contribution in [2.75, 3.05) is 6.61 Å². The highest BCUT2D eigenvalue weighted by Crippen LogP contribution is 2.53. The third-order valence-corrected chi connectivity index (χ3v) is 7.66. The maximum Gasteiger partial charge on any atom is 0.261 e. The lowest BCUT2D eigenvalue weighted by atomic mass is 9.88. The number of carbonyl (C=O) groups excluding carboxylic acids is 2. The van der Waals surface area contributed by atoms with Gasteiger partial charge in [-0.25, -0.2) is 4.39 Å². The van der Waals surface area contributed by atoms with Crippen molar-refractivity contribution in [1.29, 1.82) is 0 Å². The van der Waals surface area contributed by atoms with Crippen molar-refractivity contribution in [3.05, 3.63) is 57.8 Å². The highest BCUT2D eigenvalue weighted by atomic mass is 35.5. The molecule has 2 aromatic rings. The molecule has 2 aliphatic carbocycles. The minimum absolute atomic E-state index is 0.0368. The Balaban J connectivity index is 1.13. The summed E-state index contributed by atoms with van der Waals surface area (Å²) < 4.78 is 24.7. The van der Waals surface area contributed by atoms with E-state index < -0.39 is 41.6 Å². The summed E-state index contributed by atoms with van der Waals surface area (Å²) in [5, 5.41) is 27.4. The molecule has 1 heterocycles. The number of hydrogen-bond donors (Lipinski definition) is 4. The molecule has 0 radical (unpaired) electrons. The fraction of sp³-hybridized carbons (Fsp3) is 0.440. The number of ether oxygens (including phenoxy) is 2. The minimum atomic E-state index is -0.902. The Morgan fingerprint density at radius 2 is 1.94 bits per heavy atom. The molecule has 8 nitrogen and oxygen atoms in total. The van der Waals surface area contributed by atoms with Crippen molar-refractivity contribution in [3.63, 3.8) is 0 Å². The summed E-state index contributed by atoms with van der Waals surface area (Å²) >= 11 is 11.6. The van der Waals surface area contributed by atoms with Gasteiger partial charge in [0.15, 0.2) is 12.7 Å². The van der Waals surface area contributed by atoms with Gasteiger partial charge < -0.3 is 30.3 Å². The van der Waals surface area contributed by atoms with E-state index in [9.17, 15) is 24.2 Å². The van der Waals surface area contributed by atoms with Crippen LogP contribution in [0.15, 0.2) is 36.4 Å². The Hall–Kier alpha value is -2.59. The van der Waals surface area contributed by atoms with E-state index in [1.54, 1.807) is 18.2 Å². The zero-order chi connectivity index (χ0) is 25.6. The van der Waals surface area contributed by atoms with Crippen molar-refractivity contribution in [1.82, 2.24) is 10.6 Å². The second-order valence-electron chi connectivity index (χ2n) is 9.63. The van der Waals surface area contributed by atoms with Gasteiger partial charge in [0.25, 0.3) is 11.8 Å². The zero-order valence-electron chi connectivity index (χ0n) is 19.0. The van der Waals surface area contributed by atoms with Crippen LogP contribution in [0.25, 0.3) is 0 Å². The van der Waals surface area contributed by atoms with Gasteiger partial charge in [-0.3, -0.25) is 9.59 Å². The summed E-state index contributed by atoms with van der Waals surface area (Å²) in [6, 6.07) is 8.27. The van der Waals surface area contributed by atoms with Crippen LogP contribution in [0.3, 0.4) is 0 Å². The van der Waals surface area contributed by atoms with Crippen LogP contribution in [0.1, 0.15) is 37.4 Å². The van der Waals surface area contributed by atoms with Gasteiger partial charge in [0.05, 0.1) is 23.3 Å². The van der Waals surface area contributed by atoms with E-state index in [0.29, 0.717) is 29.2 Å². The van der Waals surface area contributed by atoms with Crippen molar-refractivity contribution in [3.8, 4) is 11.5 Å².